The van der Waals surface area contributed by atoms with Gasteiger partial charge >= 0.3 is 0 Å². The first-order valence-corrected chi connectivity index (χ1v) is 6.14. The maximum absolute atomic E-state index is 5.16. The highest BCUT2D eigenvalue weighted by atomic mass is 14.7. The van der Waals surface area contributed by atoms with Crippen molar-refractivity contribution in [3.05, 3.63) is 41.6 Å². The number of hydrogen-bond acceptors (Lipinski definition) is 1. The molecule has 0 atom stereocenters. The molecule has 0 saturated heterocycles. The second-order valence-corrected chi connectivity index (χ2v) is 5.45. The molecule has 0 amide bonds. The number of allylic oxidation sites excluding steroid dienone is 4. The highest BCUT2D eigenvalue weighted by Gasteiger charge is 2.16. The van der Waals surface area contributed by atoms with Crippen LogP contribution in [0.2, 0.25) is 0 Å². The minimum absolute atomic E-state index is 0.136. The monoisotopic (exact) mass is 237 g/mol. The maximum atomic E-state index is 5.16. The van der Waals surface area contributed by atoms with Gasteiger partial charge in [-0.25, -0.2) is 0 Å². The molecule has 18 heavy (non-hydrogen) atoms. The zero-order valence-corrected chi connectivity index (χ0v) is 11.9. The zero-order valence-electron chi connectivity index (χ0n) is 11.9. The summed E-state index contributed by atoms with van der Waals surface area (Å²) in [5, 5.41) is 0. The molecule has 0 aromatic carbocycles. The minimum Gasteiger partial charge on any atom is -0.264 e. The summed E-state index contributed by atoms with van der Waals surface area (Å²) in [5.41, 5.74) is 4.63. The van der Waals surface area contributed by atoms with E-state index in [2.05, 4.69) is 51.7 Å². The fourth-order valence-corrected chi connectivity index (χ4v) is 1.91. The van der Waals surface area contributed by atoms with Crippen molar-refractivity contribution < 1.29 is 0 Å². The van der Waals surface area contributed by atoms with Crippen LogP contribution in [-0.4, -0.2) is 12.8 Å². The maximum Gasteiger partial charge on any atom is 0.164 e. The molecule has 0 fully saturated rings. The Morgan fingerprint density at radius 3 is 2.56 bits per heavy atom. The molecule has 92 valence electrons. The van der Waals surface area contributed by atoms with E-state index in [1.807, 2.05) is 19.1 Å². The molecule has 0 aliphatic rings. The van der Waals surface area contributed by atoms with Crippen LogP contribution in [0.3, 0.4) is 0 Å². The van der Waals surface area contributed by atoms with Gasteiger partial charge in [-0.15, -0.1) is 6.42 Å². The van der Waals surface area contributed by atoms with Crippen LogP contribution in [0.15, 0.2) is 30.4 Å². The molecule has 2 heteroatoms. The minimum atomic E-state index is 0.136. The molecule has 0 radical (unpaired) electrons. The molecule has 0 spiro atoms. The normalized spacial score (nSPS) is 12.7. The smallest absolute Gasteiger partial charge is 0.164 e. The summed E-state index contributed by atoms with van der Waals surface area (Å²) in [6.07, 6.45) is 10.7. The molecular weight excluding hydrogens is 217 g/mol. The van der Waals surface area contributed by atoms with Crippen molar-refractivity contribution in [2.75, 3.05) is 0 Å². The fraction of sp³-hybridized carbons (Fsp3) is 0.312. The predicted molar refractivity (Wildman–Crippen MR) is 82.7 cm³/mol. The van der Waals surface area contributed by atoms with Crippen LogP contribution in [0.25, 0.3) is 5.57 Å². The Labute approximate surface area is 111 Å². The van der Waals surface area contributed by atoms with E-state index in [1.54, 1.807) is 6.08 Å². The van der Waals surface area contributed by atoms with E-state index in [1.165, 1.54) is 5.56 Å². The molecule has 0 bridgehead atoms. The lowest BCUT2D eigenvalue weighted by Crippen LogP contribution is -2.26. The van der Waals surface area contributed by atoms with Crippen molar-refractivity contribution in [2.24, 2.45) is 0 Å². The third-order valence-electron chi connectivity index (χ3n) is 2.84. The molecule has 1 nitrogen and oxygen atoms in total. The highest BCUT2D eigenvalue weighted by Crippen LogP contribution is 2.20. The Morgan fingerprint density at radius 1 is 1.39 bits per heavy atom. The van der Waals surface area contributed by atoms with Crippen molar-refractivity contribution in [3.8, 4) is 12.3 Å². The van der Waals surface area contributed by atoms with Gasteiger partial charge in [0.05, 0.1) is 5.69 Å². The van der Waals surface area contributed by atoms with Gasteiger partial charge in [-0.1, -0.05) is 44.9 Å². The lowest BCUT2D eigenvalue weighted by molar-refractivity contribution is 0.592. The summed E-state index contributed by atoms with van der Waals surface area (Å²) in [6, 6.07) is 4.24. The molecule has 0 aliphatic heterocycles. The van der Waals surface area contributed by atoms with E-state index in [9.17, 15) is 0 Å². The van der Waals surface area contributed by atoms with Crippen molar-refractivity contribution in [3.63, 3.8) is 0 Å². The van der Waals surface area contributed by atoms with Crippen LogP contribution in [0.4, 0.5) is 0 Å². The predicted octanol–water partition coefficient (Wildman–Crippen LogP) is 2.23. The van der Waals surface area contributed by atoms with Gasteiger partial charge in [0, 0.05) is 0 Å². The molecule has 1 heterocycles. The SMILES string of the molecule is Bc1nc(/C(C)=C/C=C\C#C)ccc1C(C)(C)C. The van der Waals surface area contributed by atoms with Gasteiger partial charge in [-0.05, 0) is 41.2 Å². The van der Waals surface area contributed by atoms with Gasteiger partial charge in [0.1, 0.15) is 0 Å². The Morgan fingerprint density at radius 2 is 2.06 bits per heavy atom. The average molecular weight is 237 g/mol. The largest absolute Gasteiger partial charge is 0.264 e. The second-order valence-electron chi connectivity index (χ2n) is 5.45. The molecule has 1 rings (SSSR count). The first kappa shape index (κ1) is 14.3. The Bertz CT molecular complexity index is 525. The van der Waals surface area contributed by atoms with Crippen LogP contribution < -0.4 is 5.59 Å². The van der Waals surface area contributed by atoms with E-state index >= 15 is 0 Å². The van der Waals surface area contributed by atoms with Crippen LogP contribution >= 0.6 is 0 Å². The van der Waals surface area contributed by atoms with Gasteiger partial charge in [0.15, 0.2) is 7.85 Å². The standard InChI is InChI=1S/C16H20BN/c1-6-7-8-9-12(2)14-11-10-13(15(17)18-14)16(3,4)5/h1,7-11H,17H2,2-5H3/b8-7-,12-9+. The van der Waals surface area contributed by atoms with Gasteiger partial charge in [0.2, 0.25) is 0 Å². The number of pyridine rings is 1. The Kier molecular flexibility index (Phi) is 4.56. The average Bonchev–Trinajstić information content (AvgIpc) is 2.27. The van der Waals surface area contributed by atoms with E-state index in [0.717, 1.165) is 16.9 Å². The topological polar surface area (TPSA) is 12.9 Å². The molecular formula is C16H20BN. The molecule has 0 unspecified atom stereocenters. The van der Waals surface area contributed by atoms with Gasteiger partial charge in [-0.2, -0.15) is 0 Å². The Balaban J connectivity index is 3.09. The second kappa shape index (κ2) is 5.73. The number of rotatable bonds is 2. The highest BCUT2D eigenvalue weighted by molar-refractivity contribution is 6.31. The van der Waals surface area contributed by atoms with E-state index in [0.29, 0.717) is 0 Å². The number of nitrogens with zero attached hydrogens (tertiary/aromatic N) is 1. The lowest BCUT2D eigenvalue weighted by atomic mass is 9.80. The van der Waals surface area contributed by atoms with Crippen LogP contribution in [0, 0.1) is 12.3 Å². The summed E-state index contributed by atoms with van der Waals surface area (Å²) >= 11 is 0. The number of hydrogen-bond donors (Lipinski definition) is 0. The van der Waals surface area contributed by atoms with Crippen LogP contribution in [-0.2, 0) is 5.41 Å². The molecule has 0 N–H and O–H groups in total. The molecule has 1 aromatic heterocycles. The van der Waals surface area contributed by atoms with Crippen LogP contribution in [0.1, 0.15) is 39.0 Å². The summed E-state index contributed by atoms with van der Waals surface area (Å²) in [5.74, 6) is 2.47. The molecule has 0 saturated carbocycles. The van der Waals surface area contributed by atoms with Crippen molar-refractivity contribution >= 4 is 19.0 Å². The first-order chi connectivity index (χ1) is 8.36. The molecule has 1 aromatic rings. The van der Waals surface area contributed by atoms with Crippen molar-refractivity contribution in [2.45, 2.75) is 33.1 Å². The van der Waals surface area contributed by atoms with Gasteiger partial charge in [-0.3, -0.25) is 4.98 Å². The number of terminal acetylenes is 1. The van der Waals surface area contributed by atoms with E-state index in [-0.39, 0.29) is 5.41 Å². The summed E-state index contributed by atoms with van der Waals surface area (Å²) in [7, 11) is 2.06. The van der Waals surface area contributed by atoms with E-state index in [4.69, 9.17) is 6.42 Å². The van der Waals surface area contributed by atoms with Gasteiger partial charge in [0.25, 0.3) is 0 Å². The summed E-state index contributed by atoms with van der Waals surface area (Å²) in [4.78, 5) is 4.66. The van der Waals surface area contributed by atoms with Crippen LogP contribution in [0.5, 0.6) is 0 Å². The number of aromatic nitrogens is 1. The lowest BCUT2D eigenvalue weighted by Gasteiger charge is -2.21. The van der Waals surface area contributed by atoms with Crippen molar-refractivity contribution in [1.82, 2.24) is 4.98 Å². The quantitative estimate of drug-likeness (QED) is 0.436. The van der Waals surface area contributed by atoms with E-state index < -0.39 is 0 Å². The summed E-state index contributed by atoms with van der Waals surface area (Å²) in [6.45, 7) is 8.65. The van der Waals surface area contributed by atoms with Gasteiger partial charge < -0.3 is 0 Å². The Hall–Kier alpha value is -1.75. The fourth-order valence-electron chi connectivity index (χ4n) is 1.91. The third kappa shape index (κ3) is 3.63. The molecule has 0 aliphatic carbocycles. The first-order valence-electron chi connectivity index (χ1n) is 6.14. The zero-order chi connectivity index (χ0) is 13.8. The summed E-state index contributed by atoms with van der Waals surface area (Å²) < 4.78 is 0. The van der Waals surface area contributed by atoms with Crippen molar-refractivity contribution in [1.29, 1.82) is 0 Å². The third-order valence-corrected chi connectivity index (χ3v) is 2.84.